The van der Waals surface area contributed by atoms with Crippen molar-refractivity contribution in [1.82, 2.24) is 19.8 Å². The summed E-state index contributed by atoms with van der Waals surface area (Å²) in [6.45, 7) is 3.99. The van der Waals surface area contributed by atoms with E-state index in [0.29, 0.717) is 13.1 Å². The van der Waals surface area contributed by atoms with Gasteiger partial charge in [-0.2, -0.15) is 0 Å². The van der Waals surface area contributed by atoms with Crippen molar-refractivity contribution in [2.45, 2.75) is 25.9 Å². The molecule has 5 nitrogen and oxygen atoms in total. The molecule has 0 spiro atoms. The Bertz CT molecular complexity index is 578. The minimum absolute atomic E-state index is 0.124. The normalized spacial score (nSPS) is 14.9. The van der Waals surface area contributed by atoms with Gasteiger partial charge >= 0.3 is 0 Å². The lowest BCUT2D eigenvalue weighted by Crippen LogP contribution is -2.39. The van der Waals surface area contributed by atoms with Gasteiger partial charge in [0.15, 0.2) is 0 Å². The molecule has 1 amide bonds. The largest absolute Gasteiger partial charge is 0.355 e. The monoisotopic (exact) mass is 304 g/mol. The standard InChI is InChI=1S/C15H20N4OS/c20-15(17-4-1-6-18-8-5-16-12-18)11-19-7-2-14-13(10-19)3-9-21-14/h3,5,8-9,12H,1-2,4,6-7,10-11H2,(H,17,20). The summed E-state index contributed by atoms with van der Waals surface area (Å²) in [5.74, 6) is 0.124. The Balaban J connectivity index is 1.35. The Morgan fingerprint density at radius 3 is 3.29 bits per heavy atom. The lowest BCUT2D eigenvalue weighted by atomic mass is 10.1. The van der Waals surface area contributed by atoms with Crippen LogP contribution in [-0.2, 0) is 24.3 Å². The van der Waals surface area contributed by atoms with E-state index in [9.17, 15) is 4.79 Å². The predicted octanol–water partition coefficient (Wildman–Crippen LogP) is 1.51. The minimum Gasteiger partial charge on any atom is -0.355 e. The number of aromatic nitrogens is 2. The van der Waals surface area contributed by atoms with Crippen LogP contribution in [0.4, 0.5) is 0 Å². The molecule has 0 saturated heterocycles. The molecule has 0 radical (unpaired) electrons. The van der Waals surface area contributed by atoms with Gasteiger partial charge in [0, 0.05) is 43.4 Å². The van der Waals surface area contributed by atoms with Gasteiger partial charge in [0.1, 0.15) is 0 Å². The molecule has 0 aromatic carbocycles. The van der Waals surface area contributed by atoms with E-state index >= 15 is 0 Å². The van der Waals surface area contributed by atoms with E-state index in [1.54, 1.807) is 12.5 Å². The van der Waals surface area contributed by atoms with Crippen LogP contribution in [0.2, 0.25) is 0 Å². The fourth-order valence-electron chi connectivity index (χ4n) is 2.61. The van der Waals surface area contributed by atoms with Crippen LogP contribution >= 0.6 is 11.3 Å². The van der Waals surface area contributed by atoms with Crippen molar-refractivity contribution in [2.75, 3.05) is 19.6 Å². The Labute approximate surface area is 128 Å². The third-order valence-electron chi connectivity index (χ3n) is 3.73. The van der Waals surface area contributed by atoms with Crippen LogP contribution in [0.15, 0.2) is 30.2 Å². The number of imidazole rings is 1. The smallest absolute Gasteiger partial charge is 0.234 e. The number of rotatable bonds is 6. The third-order valence-corrected chi connectivity index (χ3v) is 4.75. The number of carbonyl (C=O) groups is 1. The zero-order chi connectivity index (χ0) is 14.5. The summed E-state index contributed by atoms with van der Waals surface area (Å²) >= 11 is 1.83. The first-order valence-electron chi connectivity index (χ1n) is 7.31. The number of nitrogens with zero attached hydrogens (tertiary/aromatic N) is 3. The van der Waals surface area contributed by atoms with Crippen LogP contribution in [0.25, 0.3) is 0 Å². The fraction of sp³-hybridized carbons (Fsp3) is 0.467. The van der Waals surface area contributed by atoms with E-state index in [1.165, 1.54) is 10.4 Å². The average Bonchev–Trinajstić information content (AvgIpc) is 3.14. The highest BCUT2D eigenvalue weighted by Gasteiger charge is 2.18. The highest BCUT2D eigenvalue weighted by molar-refractivity contribution is 7.10. The van der Waals surface area contributed by atoms with E-state index in [0.717, 1.165) is 32.5 Å². The van der Waals surface area contributed by atoms with Crippen molar-refractivity contribution >= 4 is 17.2 Å². The summed E-state index contributed by atoms with van der Waals surface area (Å²) in [5.41, 5.74) is 1.39. The van der Waals surface area contributed by atoms with Gasteiger partial charge in [0.25, 0.3) is 0 Å². The number of hydrogen-bond donors (Lipinski definition) is 1. The van der Waals surface area contributed by atoms with Crippen molar-refractivity contribution in [3.63, 3.8) is 0 Å². The van der Waals surface area contributed by atoms with E-state index in [4.69, 9.17) is 0 Å². The summed E-state index contributed by atoms with van der Waals surface area (Å²) < 4.78 is 2.02. The maximum Gasteiger partial charge on any atom is 0.234 e. The molecule has 0 bridgehead atoms. The molecule has 0 atom stereocenters. The molecule has 1 aliphatic heterocycles. The molecule has 1 N–H and O–H groups in total. The Hall–Kier alpha value is -1.66. The van der Waals surface area contributed by atoms with Crippen molar-refractivity contribution in [3.05, 3.63) is 40.6 Å². The quantitative estimate of drug-likeness (QED) is 0.823. The van der Waals surface area contributed by atoms with Gasteiger partial charge in [0.2, 0.25) is 5.91 Å². The first-order valence-corrected chi connectivity index (χ1v) is 8.19. The average molecular weight is 304 g/mol. The molecule has 0 unspecified atom stereocenters. The fourth-order valence-corrected chi connectivity index (χ4v) is 3.50. The summed E-state index contributed by atoms with van der Waals surface area (Å²) in [4.78, 5) is 19.7. The molecular formula is C15H20N4OS. The Morgan fingerprint density at radius 1 is 1.48 bits per heavy atom. The van der Waals surface area contributed by atoms with Crippen molar-refractivity contribution in [3.8, 4) is 0 Å². The number of fused-ring (bicyclic) bond motifs is 1. The number of nitrogens with one attached hydrogen (secondary N) is 1. The lowest BCUT2D eigenvalue weighted by Gasteiger charge is -2.26. The summed E-state index contributed by atoms with van der Waals surface area (Å²) in [6, 6.07) is 2.18. The van der Waals surface area contributed by atoms with E-state index in [1.807, 2.05) is 22.1 Å². The first-order chi connectivity index (χ1) is 10.3. The lowest BCUT2D eigenvalue weighted by molar-refractivity contribution is -0.122. The summed E-state index contributed by atoms with van der Waals surface area (Å²) in [7, 11) is 0. The van der Waals surface area contributed by atoms with Crippen LogP contribution in [-0.4, -0.2) is 40.0 Å². The Morgan fingerprint density at radius 2 is 2.43 bits per heavy atom. The molecule has 2 aromatic rings. The second-order valence-corrected chi connectivity index (χ2v) is 6.33. The molecule has 1 aliphatic rings. The summed E-state index contributed by atoms with van der Waals surface area (Å²) in [5, 5.41) is 5.14. The van der Waals surface area contributed by atoms with E-state index < -0.39 is 0 Å². The van der Waals surface area contributed by atoms with Crippen LogP contribution < -0.4 is 5.32 Å². The van der Waals surface area contributed by atoms with E-state index in [2.05, 4.69) is 26.6 Å². The van der Waals surface area contributed by atoms with E-state index in [-0.39, 0.29) is 5.91 Å². The maximum absolute atomic E-state index is 12.0. The number of carbonyl (C=O) groups excluding carboxylic acids is 1. The number of hydrogen-bond acceptors (Lipinski definition) is 4. The van der Waals surface area contributed by atoms with Gasteiger partial charge in [-0.1, -0.05) is 0 Å². The topological polar surface area (TPSA) is 50.2 Å². The molecule has 0 aliphatic carbocycles. The molecule has 3 heterocycles. The first kappa shape index (κ1) is 14.3. The SMILES string of the molecule is O=C(CN1CCc2sccc2C1)NCCCn1ccnc1. The molecular weight excluding hydrogens is 284 g/mol. The zero-order valence-corrected chi connectivity index (χ0v) is 12.8. The van der Waals surface area contributed by atoms with Crippen molar-refractivity contribution in [1.29, 1.82) is 0 Å². The summed E-state index contributed by atoms with van der Waals surface area (Å²) in [6.07, 6.45) is 7.51. The van der Waals surface area contributed by atoms with Gasteiger partial charge < -0.3 is 9.88 Å². The number of thiophene rings is 1. The minimum atomic E-state index is 0.124. The molecule has 112 valence electrons. The van der Waals surface area contributed by atoms with Crippen LogP contribution in [0.3, 0.4) is 0 Å². The van der Waals surface area contributed by atoms with Gasteiger partial charge in [-0.15, -0.1) is 11.3 Å². The molecule has 0 fully saturated rings. The second kappa shape index (κ2) is 6.87. The number of amides is 1. The molecule has 6 heteroatoms. The molecule has 0 saturated carbocycles. The van der Waals surface area contributed by atoms with Crippen LogP contribution in [0.5, 0.6) is 0 Å². The van der Waals surface area contributed by atoms with Gasteiger partial charge in [0.05, 0.1) is 12.9 Å². The molecule has 21 heavy (non-hydrogen) atoms. The third kappa shape index (κ3) is 3.92. The molecule has 3 rings (SSSR count). The predicted molar refractivity (Wildman–Crippen MR) is 83.2 cm³/mol. The van der Waals surface area contributed by atoms with Crippen molar-refractivity contribution in [2.24, 2.45) is 0 Å². The Kier molecular flexibility index (Phi) is 4.67. The van der Waals surface area contributed by atoms with Gasteiger partial charge in [-0.05, 0) is 29.9 Å². The highest BCUT2D eigenvalue weighted by Crippen LogP contribution is 2.23. The number of aryl methyl sites for hydroxylation is 1. The van der Waals surface area contributed by atoms with Crippen molar-refractivity contribution < 1.29 is 4.79 Å². The van der Waals surface area contributed by atoms with Crippen LogP contribution in [0, 0.1) is 0 Å². The zero-order valence-electron chi connectivity index (χ0n) is 12.0. The maximum atomic E-state index is 12.0. The van der Waals surface area contributed by atoms with Gasteiger partial charge in [-0.25, -0.2) is 4.98 Å². The molecule has 2 aromatic heterocycles. The highest BCUT2D eigenvalue weighted by atomic mass is 32.1. The van der Waals surface area contributed by atoms with Gasteiger partial charge in [-0.3, -0.25) is 9.69 Å². The van der Waals surface area contributed by atoms with Crippen LogP contribution in [0.1, 0.15) is 16.9 Å². The second-order valence-electron chi connectivity index (χ2n) is 5.33.